The van der Waals surface area contributed by atoms with Gasteiger partial charge in [0, 0.05) is 17.5 Å². The molecule has 0 aromatic heterocycles. The van der Waals surface area contributed by atoms with Crippen LogP contribution in [0.25, 0.3) is 6.08 Å². The summed E-state index contributed by atoms with van der Waals surface area (Å²) in [5.41, 5.74) is 1.70. The number of carbonyl (C=O) groups excluding carboxylic acids is 2. The van der Waals surface area contributed by atoms with E-state index in [4.69, 9.17) is 16.3 Å². The van der Waals surface area contributed by atoms with E-state index in [9.17, 15) is 9.59 Å². The second kappa shape index (κ2) is 8.21. The van der Waals surface area contributed by atoms with Crippen LogP contribution in [0, 0.1) is 0 Å². The third-order valence-electron chi connectivity index (χ3n) is 3.41. The van der Waals surface area contributed by atoms with E-state index in [-0.39, 0.29) is 11.8 Å². The minimum Gasteiger partial charge on any atom is -0.489 e. The Balaban J connectivity index is 1.69. The summed E-state index contributed by atoms with van der Waals surface area (Å²) in [7, 11) is 0. The zero-order valence-corrected chi connectivity index (χ0v) is 15.4. The van der Waals surface area contributed by atoms with Gasteiger partial charge in [-0.05, 0) is 41.6 Å². The molecule has 1 aliphatic heterocycles. The average molecular weight is 387 g/mol. The summed E-state index contributed by atoms with van der Waals surface area (Å²) >= 11 is 7.26. The smallest absolute Gasteiger partial charge is 0.286 e. The zero-order valence-electron chi connectivity index (χ0n) is 13.9. The Labute approximate surface area is 160 Å². The quantitative estimate of drug-likeness (QED) is 0.805. The predicted molar refractivity (Wildman–Crippen MR) is 104 cm³/mol. The van der Waals surface area contributed by atoms with Crippen LogP contribution in [-0.2, 0) is 16.2 Å². The molecule has 0 unspecified atom stereocenters. The van der Waals surface area contributed by atoms with Crippen molar-refractivity contribution in [2.24, 2.45) is 4.99 Å². The van der Waals surface area contributed by atoms with Gasteiger partial charge in [-0.15, -0.1) is 0 Å². The Hall–Kier alpha value is -2.57. The van der Waals surface area contributed by atoms with Crippen LogP contribution in [0.2, 0.25) is 5.02 Å². The molecule has 3 rings (SSSR count). The van der Waals surface area contributed by atoms with Crippen molar-refractivity contribution in [1.82, 2.24) is 5.32 Å². The molecule has 2 aromatic carbocycles. The number of rotatable bonds is 4. The number of halogens is 1. The molecule has 2 amide bonds. The molecule has 1 aliphatic rings. The van der Waals surface area contributed by atoms with E-state index < -0.39 is 0 Å². The molecule has 0 saturated carbocycles. The van der Waals surface area contributed by atoms with Crippen LogP contribution in [-0.4, -0.2) is 17.0 Å². The van der Waals surface area contributed by atoms with E-state index in [1.807, 2.05) is 48.5 Å². The number of aliphatic imine (C=N–C) groups is 1. The standard InChI is InChI=1S/C19H15ClN2O3S/c1-12(23)21-19-22-18(24)17(26-19)10-13-5-4-7-15(9-13)25-11-14-6-2-3-8-16(14)20/h2-10H,11H2,1H3,(H,21,22,23,24)/b17-10-. The first-order valence-corrected chi connectivity index (χ1v) is 8.97. The molecule has 5 nitrogen and oxygen atoms in total. The second-order valence-corrected chi connectivity index (χ2v) is 6.90. The van der Waals surface area contributed by atoms with Crippen LogP contribution in [0.4, 0.5) is 0 Å². The third-order valence-corrected chi connectivity index (χ3v) is 4.68. The fourth-order valence-corrected chi connectivity index (χ4v) is 3.29. The Morgan fingerprint density at radius 1 is 1.27 bits per heavy atom. The number of amidine groups is 1. The highest BCUT2D eigenvalue weighted by Gasteiger charge is 2.22. The molecule has 26 heavy (non-hydrogen) atoms. The molecule has 0 aliphatic carbocycles. The molecule has 0 radical (unpaired) electrons. The van der Waals surface area contributed by atoms with Crippen molar-refractivity contribution in [3.63, 3.8) is 0 Å². The number of nitrogens with zero attached hydrogens (tertiary/aromatic N) is 1. The predicted octanol–water partition coefficient (Wildman–Crippen LogP) is 4.03. The van der Waals surface area contributed by atoms with Crippen LogP contribution in [0.3, 0.4) is 0 Å². The van der Waals surface area contributed by atoms with Gasteiger partial charge in [0.25, 0.3) is 5.91 Å². The number of hydrogen-bond donors (Lipinski definition) is 1. The van der Waals surface area contributed by atoms with E-state index in [0.29, 0.717) is 27.5 Å². The van der Waals surface area contributed by atoms with E-state index in [1.165, 1.54) is 6.92 Å². The summed E-state index contributed by atoms with van der Waals surface area (Å²) in [4.78, 5) is 27.2. The van der Waals surface area contributed by atoms with E-state index in [2.05, 4.69) is 10.3 Å². The molecular weight excluding hydrogens is 372 g/mol. The van der Waals surface area contributed by atoms with Crippen molar-refractivity contribution >= 4 is 46.4 Å². The van der Waals surface area contributed by atoms with E-state index >= 15 is 0 Å². The van der Waals surface area contributed by atoms with Gasteiger partial charge in [0.1, 0.15) is 12.4 Å². The summed E-state index contributed by atoms with van der Waals surface area (Å²) in [5.74, 6) is 0.0270. The topological polar surface area (TPSA) is 67.8 Å². The summed E-state index contributed by atoms with van der Waals surface area (Å²) in [6.07, 6.45) is 1.72. The van der Waals surface area contributed by atoms with Crippen LogP contribution < -0.4 is 10.1 Å². The number of amides is 2. The molecule has 1 heterocycles. The Morgan fingerprint density at radius 3 is 2.85 bits per heavy atom. The minimum absolute atomic E-state index is 0.264. The van der Waals surface area contributed by atoms with Crippen molar-refractivity contribution < 1.29 is 14.3 Å². The summed E-state index contributed by atoms with van der Waals surface area (Å²) < 4.78 is 5.79. The normalized spacial score (nSPS) is 15.1. The van der Waals surface area contributed by atoms with Gasteiger partial charge in [-0.3, -0.25) is 9.59 Å². The first-order chi connectivity index (χ1) is 12.5. The highest BCUT2D eigenvalue weighted by Crippen LogP contribution is 2.28. The lowest BCUT2D eigenvalue weighted by Gasteiger charge is -2.08. The minimum atomic E-state index is -0.374. The third kappa shape index (κ3) is 4.74. The van der Waals surface area contributed by atoms with Gasteiger partial charge in [-0.1, -0.05) is 41.9 Å². The summed E-state index contributed by atoms with van der Waals surface area (Å²) in [6, 6.07) is 14.9. The molecule has 0 atom stereocenters. The molecule has 0 spiro atoms. The Kier molecular flexibility index (Phi) is 5.75. The SMILES string of the molecule is CC(=O)NC1=NC(=O)/C(=C/c2cccc(OCc3ccccc3Cl)c2)S1. The maximum Gasteiger partial charge on any atom is 0.286 e. The fraction of sp³-hybridized carbons (Fsp3) is 0.105. The van der Waals surface area contributed by atoms with Gasteiger partial charge in [0.05, 0.1) is 4.91 Å². The lowest BCUT2D eigenvalue weighted by Crippen LogP contribution is -2.23. The Morgan fingerprint density at radius 2 is 2.08 bits per heavy atom. The molecule has 0 saturated heterocycles. The second-order valence-electron chi connectivity index (χ2n) is 5.47. The highest BCUT2D eigenvalue weighted by molar-refractivity contribution is 8.18. The fourth-order valence-electron chi connectivity index (χ4n) is 2.24. The van der Waals surface area contributed by atoms with Crippen molar-refractivity contribution in [2.45, 2.75) is 13.5 Å². The molecular formula is C19H15ClN2O3S. The molecule has 1 N–H and O–H groups in total. The van der Waals surface area contributed by atoms with Gasteiger partial charge >= 0.3 is 0 Å². The van der Waals surface area contributed by atoms with Crippen LogP contribution in [0.15, 0.2) is 58.4 Å². The largest absolute Gasteiger partial charge is 0.489 e. The number of ether oxygens (including phenoxy) is 1. The van der Waals surface area contributed by atoms with Crippen molar-refractivity contribution in [3.05, 3.63) is 69.6 Å². The van der Waals surface area contributed by atoms with Gasteiger partial charge < -0.3 is 10.1 Å². The molecule has 2 aromatic rings. The van der Waals surface area contributed by atoms with Gasteiger partial charge in [-0.25, -0.2) is 0 Å². The van der Waals surface area contributed by atoms with Crippen molar-refractivity contribution in [3.8, 4) is 5.75 Å². The number of carbonyl (C=O) groups is 2. The number of hydrogen-bond acceptors (Lipinski definition) is 4. The molecule has 0 bridgehead atoms. The van der Waals surface area contributed by atoms with Gasteiger partial charge in [0.15, 0.2) is 5.17 Å². The van der Waals surface area contributed by atoms with E-state index in [1.54, 1.807) is 6.08 Å². The van der Waals surface area contributed by atoms with Crippen molar-refractivity contribution in [1.29, 1.82) is 0 Å². The average Bonchev–Trinajstić information content (AvgIpc) is 2.93. The lowest BCUT2D eigenvalue weighted by atomic mass is 10.2. The lowest BCUT2D eigenvalue weighted by molar-refractivity contribution is -0.117. The first kappa shape index (κ1) is 18.2. The Bertz CT molecular complexity index is 925. The van der Waals surface area contributed by atoms with Crippen LogP contribution in [0.5, 0.6) is 5.75 Å². The van der Waals surface area contributed by atoms with Crippen molar-refractivity contribution in [2.75, 3.05) is 0 Å². The molecule has 7 heteroatoms. The van der Waals surface area contributed by atoms with E-state index in [0.717, 1.165) is 22.9 Å². The maximum absolute atomic E-state index is 11.9. The number of thioether (sulfide) groups is 1. The number of nitrogens with one attached hydrogen (secondary N) is 1. The number of benzene rings is 2. The monoisotopic (exact) mass is 386 g/mol. The highest BCUT2D eigenvalue weighted by atomic mass is 35.5. The van der Waals surface area contributed by atoms with Crippen LogP contribution in [0.1, 0.15) is 18.1 Å². The van der Waals surface area contributed by atoms with Crippen LogP contribution >= 0.6 is 23.4 Å². The molecule has 0 fully saturated rings. The zero-order chi connectivity index (χ0) is 18.5. The molecule has 132 valence electrons. The van der Waals surface area contributed by atoms with Gasteiger partial charge in [-0.2, -0.15) is 4.99 Å². The summed E-state index contributed by atoms with van der Waals surface area (Å²) in [6.45, 7) is 1.72. The van der Waals surface area contributed by atoms with Gasteiger partial charge in [0.2, 0.25) is 5.91 Å². The maximum atomic E-state index is 11.9. The summed E-state index contributed by atoms with van der Waals surface area (Å²) in [5, 5.41) is 3.46. The first-order valence-electron chi connectivity index (χ1n) is 7.78.